The standard InChI is InChI=1S/C11H20N4S2/c1-15-6-4-3-5-8(15)7-13-11-9(16-2)10(12)14-17-11/h8,13H,3-7H2,1-2H3,(H2,12,14). The number of nitrogens with two attached hydrogens (primary N) is 1. The van der Waals surface area contributed by atoms with Gasteiger partial charge in [-0.15, -0.1) is 11.8 Å². The molecular weight excluding hydrogens is 252 g/mol. The number of anilines is 2. The van der Waals surface area contributed by atoms with Crippen LogP contribution in [-0.4, -0.2) is 41.7 Å². The number of nitrogens with zero attached hydrogens (tertiary/aromatic N) is 2. The molecule has 1 aliphatic heterocycles. The van der Waals surface area contributed by atoms with E-state index < -0.39 is 0 Å². The molecule has 1 aromatic rings. The number of aromatic nitrogens is 1. The predicted molar refractivity (Wildman–Crippen MR) is 77.1 cm³/mol. The lowest BCUT2D eigenvalue weighted by Gasteiger charge is -2.32. The Labute approximate surface area is 111 Å². The maximum Gasteiger partial charge on any atom is 0.153 e. The first kappa shape index (κ1) is 13.0. The summed E-state index contributed by atoms with van der Waals surface area (Å²) in [6, 6.07) is 0.641. The van der Waals surface area contributed by atoms with Gasteiger partial charge in [0.05, 0.1) is 4.90 Å². The molecule has 0 aromatic carbocycles. The van der Waals surface area contributed by atoms with E-state index in [1.807, 2.05) is 6.26 Å². The van der Waals surface area contributed by atoms with Crippen molar-refractivity contribution in [2.24, 2.45) is 0 Å². The highest BCUT2D eigenvalue weighted by molar-refractivity contribution is 7.99. The first-order valence-electron chi connectivity index (χ1n) is 5.95. The molecule has 1 aromatic heterocycles. The fourth-order valence-corrected chi connectivity index (χ4v) is 3.76. The zero-order valence-corrected chi connectivity index (χ0v) is 12.0. The maximum absolute atomic E-state index is 5.82. The molecule has 0 bridgehead atoms. The Balaban J connectivity index is 1.92. The van der Waals surface area contributed by atoms with Gasteiger partial charge in [-0.3, -0.25) is 0 Å². The van der Waals surface area contributed by atoms with Gasteiger partial charge < -0.3 is 16.0 Å². The van der Waals surface area contributed by atoms with Gasteiger partial charge in [0.1, 0.15) is 5.00 Å². The molecule has 0 spiro atoms. The molecule has 1 aliphatic rings. The number of hydrogen-bond acceptors (Lipinski definition) is 6. The van der Waals surface area contributed by atoms with Crippen molar-refractivity contribution in [3.8, 4) is 0 Å². The van der Waals surface area contributed by atoms with E-state index in [2.05, 4.69) is 21.6 Å². The van der Waals surface area contributed by atoms with Crippen molar-refractivity contribution < 1.29 is 0 Å². The summed E-state index contributed by atoms with van der Waals surface area (Å²) in [5, 5.41) is 4.62. The number of hydrogen-bond donors (Lipinski definition) is 2. The van der Waals surface area contributed by atoms with Crippen molar-refractivity contribution in [3.05, 3.63) is 0 Å². The van der Waals surface area contributed by atoms with Crippen molar-refractivity contribution >= 4 is 34.1 Å². The summed E-state index contributed by atoms with van der Waals surface area (Å²) in [6.45, 7) is 2.21. The van der Waals surface area contributed by atoms with E-state index in [1.54, 1.807) is 11.8 Å². The number of nitrogen functional groups attached to an aromatic ring is 1. The Kier molecular flexibility index (Phi) is 4.53. The summed E-state index contributed by atoms with van der Waals surface area (Å²) in [5.74, 6) is 0.655. The number of nitrogens with one attached hydrogen (secondary N) is 1. The molecule has 1 fully saturated rings. The smallest absolute Gasteiger partial charge is 0.153 e. The second kappa shape index (κ2) is 5.93. The Morgan fingerprint density at radius 1 is 1.59 bits per heavy atom. The molecule has 6 heteroatoms. The zero-order valence-electron chi connectivity index (χ0n) is 10.4. The second-order valence-electron chi connectivity index (χ2n) is 4.44. The predicted octanol–water partition coefficient (Wildman–Crippen LogP) is 2.34. The number of likely N-dealkylation sites (tertiary alicyclic amines) is 1. The SMILES string of the molecule is CSc1c(N)nsc1NCC1CCCCN1C. The molecular formula is C11H20N4S2. The minimum atomic E-state index is 0.641. The molecule has 1 saturated heterocycles. The molecule has 2 heterocycles. The van der Waals surface area contributed by atoms with Crippen LogP contribution >= 0.6 is 23.3 Å². The molecule has 17 heavy (non-hydrogen) atoms. The van der Waals surface area contributed by atoms with Gasteiger partial charge in [-0.05, 0) is 44.2 Å². The first-order chi connectivity index (χ1) is 8.22. The largest absolute Gasteiger partial charge is 0.382 e. The average molecular weight is 272 g/mol. The number of rotatable bonds is 4. The third kappa shape index (κ3) is 3.05. The minimum absolute atomic E-state index is 0.641. The number of thioether (sulfide) groups is 1. The highest BCUT2D eigenvalue weighted by atomic mass is 32.2. The van der Waals surface area contributed by atoms with Gasteiger partial charge in [0.25, 0.3) is 0 Å². The van der Waals surface area contributed by atoms with E-state index in [1.165, 1.54) is 37.3 Å². The van der Waals surface area contributed by atoms with Crippen LogP contribution in [0.3, 0.4) is 0 Å². The van der Waals surface area contributed by atoms with Gasteiger partial charge in [-0.25, -0.2) is 0 Å². The first-order valence-corrected chi connectivity index (χ1v) is 7.95. The molecule has 2 rings (SSSR count). The van der Waals surface area contributed by atoms with Gasteiger partial charge in [0.2, 0.25) is 0 Å². The van der Waals surface area contributed by atoms with Crippen molar-refractivity contribution in [1.29, 1.82) is 0 Å². The van der Waals surface area contributed by atoms with E-state index in [0.717, 1.165) is 16.4 Å². The fraction of sp³-hybridized carbons (Fsp3) is 0.727. The van der Waals surface area contributed by atoms with E-state index in [4.69, 9.17) is 5.73 Å². The number of piperidine rings is 1. The van der Waals surface area contributed by atoms with Gasteiger partial charge in [0, 0.05) is 12.6 Å². The van der Waals surface area contributed by atoms with Gasteiger partial charge >= 0.3 is 0 Å². The summed E-state index contributed by atoms with van der Waals surface area (Å²) in [5.41, 5.74) is 5.82. The Morgan fingerprint density at radius 3 is 3.12 bits per heavy atom. The summed E-state index contributed by atoms with van der Waals surface area (Å²) in [7, 11) is 2.21. The van der Waals surface area contributed by atoms with Crippen molar-refractivity contribution in [3.63, 3.8) is 0 Å². The van der Waals surface area contributed by atoms with Crippen LogP contribution in [0.2, 0.25) is 0 Å². The quantitative estimate of drug-likeness (QED) is 0.824. The van der Waals surface area contributed by atoms with E-state index in [9.17, 15) is 0 Å². The highest BCUT2D eigenvalue weighted by Crippen LogP contribution is 2.34. The van der Waals surface area contributed by atoms with Crippen LogP contribution in [-0.2, 0) is 0 Å². The Bertz CT molecular complexity index is 366. The van der Waals surface area contributed by atoms with Gasteiger partial charge in [-0.1, -0.05) is 6.42 Å². The summed E-state index contributed by atoms with van der Waals surface area (Å²) in [4.78, 5) is 3.54. The molecule has 1 atom stereocenters. The molecule has 1 unspecified atom stereocenters. The maximum atomic E-state index is 5.82. The van der Waals surface area contributed by atoms with Crippen LogP contribution in [0.15, 0.2) is 4.90 Å². The molecule has 96 valence electrons. The summed E-state index contributed by atoms with van der Waals surface area (Å²) >= 11 is 3.13. The molecule has 3 N–H and O–H groups in total. The van der Waals surface area contributed by atoms with Crippen molar-refractivity contribution in [1.82, 2.24) is 9.27 Å². The summed E-state index contributed by atoms with van der Waals surface area (Å²) in [6.07, 6.45) is 6.00. The third-order valence-corrected chi connectivity index (χ3v) is 5.07. The normalized spacial score (nSPS) is 21.6. The molecule has 0 amide bonds. The minimum Gasteiger partial charge on any atom is -0.382 e. The summed E-state index contributed by atoms with van der Waals surface area (Å²) < 4.78 is 4.19. The molecule has 0 saturated carbocycles. The topological polar surface area (TPSA) is 54.2 Å². The highest BCUT2D eigenvalue weighted by Gasteiger charge is 2.19. The van der Waals surface area contributed by atoms with Crippen LogP contribution in [0.5, 0.6) is 0 Å². The lowest BCUT2D eigenvalue weighted by Crippen LogP contribution is -2.40. The van der Waals surface area contributed by atoms with E-state index in [0.29, 0.717) is 11.9 Å². The molecule has 0 aliphatic carbocycles. The third-order valence-electron chi connectivity index (χ3n) is 3.30. The molecule has 4 nitrogen and oxygen atoms in total. The fourth-order valence-electron chi connectivity index (χ4n) is 2.22. The van der Waals surface area contributed by atoms with Crippen LogP contribution < -0.4 is 11.1 Å². The monoisotopic (exact) mass is 272 g/mol. The lowest BCUT2D eigenvalue weighted by atomic mass is 10.0. The van der Waals surface area contributed by atoms with E-state index >= 15 is 0 Å². The van der Waals surface area contributed by atoms with E-state index in [-0.39, 0.29) is 0 Å². The van der Waals surface area contributed by atoms with Crippen LogP contribution in [0, 0.1) is 0 Å². The lowest BCUT2D eigenvalue weighted by molar-refractivity contribution is 0.195. The molecule has 0 radical (unpaired) electrons. The van der Waals surface area contributed by atoms with Crippen molar-refractivity contribution in [2.45, 2.75) is 30.2 Å². The van der Waals surface area contributed by atoms with Gasteiger partial charge in [0.15, 0.2) is 5.82 Å². The van der Waals surface area contributed by atoms with Crippen LogP contribution in [0.25, 0.3) is 0 Å². The van der Waals surface area contributed by atoms with Crippen LogP contribution in [0.1, 0.15) is 19.3 Å². The zero-order chi connectivity index (χ0) is 12.3. The number of likely N-dealkylation sites (N-methyl/N-ethyl adjacent to an activating group) is 1. The average Bonchev–Trinajstić information content (AvgIpc) is 2.69. The van der Waals surface area contributed by atoms with Crippen molar-refractivity contribution in [2.75, 3.05) is 37.4 Å². The van der Waals surface area contributed by atoms with Crippen LogP contribution in [0.4, 0.5) is 10.8 Å². The van der Waals surface area contributed by atoms with Gasteiger partial charge in [-0.2, -0.15) is 4.37 Å². The Morgan fingerprint density at radius 2 is 2.41 bits per heavy atom. The second-order valence-corrected chi connectivity index (χ2v) is 6.03. The Hall–Kier alpha value is -0.460.